The van der Waals surface area contributed by atoms with Crippen LogP contribution in [0, 0.1) is 6.92 Å². The van der Waals surface area contributed by atoms with Gasteiger partial charge in [-0.15, -0.1) is 10.2 Å². The molecular formula is C19H19N5O3S. The van der Waals surface area contributed by atoms with Crippen LogP contribution in [0.25, 0.3) is 0 Å². The Morgan fingerprint density at radius 1 is 0.929 bits per heavy atom. The van der Waals surface area contributed by atoms with Gasteiger partial charge in [0.15, 0.2) is 0 Å². The van der Waals surface area contributed by atoms with E-state index >= 15 is 0 Å². The predicted octanol–water partition coefficient (Wildman–Crippen LogP) is 3.68. The summed E-state index contributed by atoms with van der Waals surface area (Å²) >= 11 is 1.14. The molecule has 28 heavy (non-hydrogen) atoms. The first-order chi connectivity index (χ1) is 13.5. The summed E-state index contributed by atoms with van der Waals surface area (Å²) in [6.07, 6.45) is 0.0605. The Balaban J connectivity index is 1.50. The second kappa shape index (κ2) is 8.96. The summed E-state index contributed by atoms with van der Waals surface area (Å²) in [6.45, 7) is 1.97. The number of ether oxygens (including phenoxy) is 1. The molecule has 3 amide bonds. The molecule has 0 fully saturated rings. The number of rotatable bonds is 6. The quantitative estimate of drug-likeness (QED) is 0.588. The Morgan fingerprint density at radius 2 is 1.57 bits per heavy atom. The highest BCUT2D eigenvalue weighted by Crippen LogP contribution is 2.18. The molecule has 0 aliphatic heterocycles. The van der Waals surface area contributed by atoms with Gasteiger partial charge in [-0.3, -0.25) is 10.1 Å². The van der Waals surface area contributed by atoms with Crippen LogP contribution < -0.4 is 20.7 Å². The lowest BCUT2D eigenvalue weighted by atomic mass is 10.2. The topological polar surface area (TPSA) is 105 Å². The summed E-state index contributed by atoms with van der Waals surface area (Å²) in [7, 11) is 1.58. The minimum atomic E-state index is -0.422. The number of hydrogen-bond donors (Lipinski definition) is 3. The molecule has 0 aliphatic carbocycles. The van der Waals surface area contributed by atoms with E-state index in [1.807, 2.05) is 31.2 Å². The lowest BCUT2D eigenvalue weighted by Crippen LogP contribution is -2.19. The maximum absolute atomic E-state index is 12.1. The number of carbonyl (C=O) groups is 2. The third-order valence-corrected chi connectivity index (χ3v) is 4.52. The highest BCUT2D eigenvalue weighted by Gasteiger charge is 2.12. The Hall–Kier alpha value is -3.46. The van der Waals surface area contributed by atoms with E-state index in [2.05, 4.69) is 26.1 Å². The molecule has 3 rings (SSSR count). The number of methoxy groups -OCH3 is 1. The number of urea groups is 1. The van der Waals surface area contributed by atoms with Crippen molar-refractivity contribution >= 4 is 39.8 Å². The van der Waals surface area contributed by atoms with Gasteiger partial charge < -0.3 is 15.4 Å². The maximum Gasteiger partial charge on any atom is 0.325 e. The van der Waals surface area contributed by atoms with E-state index in [-0.39, 0.29) is 12.3 Å². The first kappa shape index (κ1) is 19.3. The van der Waals surface area contributed by atoms with Crippen LogP contribution in [0.15, 0.2) is 48.5 Å². The molecule has 0 aliphatic rings. The number of nitrogens with one attached hydrogen (secondary N) is 3. The average molecular weight is 397 g/mol. The van der Waals surface area contributed by atoms with Crippen molar-refractivity contribution in [3.63, 3.8) is 0 Å². The van der Waals surface area contributed by atoms with Gasteiger partial charge in [-0.2, -0.15) is 0 Å². The summed E-state index contributed by atoms with van der Waals surface area (Å²) < 4.78 is 5.08. The van der Waals surface area contributed by atoms with Gasteiger partial charge in [-0.1, -0.05) is 29.0 Å². The molecule has 0 radical (unpaired) electrons. The first-order valence-corrected chi connectivity index (χ1v) is 9.24. The molecule has 0 atom stereocenters. The van der Waals surface area contributed by atoms with Crippen molar-refractivity contribution in [1.29, 1.82) is 0 Å². The molecule has 0 unspecified atom stereocenters. The van der Waals surface area contributed by atoms with Crippen molar-refractivity contribution in [2.45, 2.75) is 13.3 Å². The summed E-state index contributed by atoms with van der Waals surface area (Å²) in [5, 5.41) is 16.7. The van der Waals surface area contributed by atoms with Gasteiger partial charge in [0.05, 0.1) is 13.5 Å². The summed E-state index contributed by atoms with van der Waals surface area (Å²) in [6, 6.07) is 14.0. The maximum atomic E-state index is 12.1. The highest BCUT2D eigenvalue weighted by atomic mass is 32.1. The van der Waals surface area contributed by atoms with Crippen LogP contribution in [-0.2, 0) is 11.2 Å². The Bertz CT molecular complexity index is 954. The molecule has 0 bridgehead atoms. The van der Waals surface area contributed by atoms with Crippen LogP contribution in [0.1, 0.15) is 10.6 Å². The number of aryl methyl sites for hydroxylation is 1. The van der Waals surface area contributed by atoms with Gasteiger partial charge in [0.1, 0.15) is 10.8 Å². The lowest BCUT2D eigenvalue weighted by Gasteiger charge is -2.05. The SMILES string of the molecule is COc1ccc(NC(=O)Cc2nnc(NC(=O)Nc3ccc(C)cc3)s2)cc1. The minimum absolute atomic E-state index is 0.0605. The van der Waals surface area contributed by atoms with Crippen molar-refractivity contribution in [2.24, 2.45) is 0 Å². The Kier molecular flexibility index (Phi) is 6.18. The average Bonchev–Trinajstić information content (AvgIpc) is 3.10. The molecule has 0 spiro atoms. The van der Waals surface area contributed by atoms with E-state index in [1.165, 1.54) is 0 Å². The molecule has 0 saturated carbocycles. The van der Waals surface area contributed by atoms with Crippen LogP contribution in [0.5, 0.6) is 5.75 Å². The van der Waals surface area contributed by atoms with E-state index in [1.54, 1.807) is 31.4 Å². The number of benzene rings is 2. The van der Waals surface area contributed by atoms with Crippen LogP contribution in [-0.4, -0.2) is 29.2 Å². The van der Waals surface area contributed by atoms with Crippen molar-refractivity contribution < 1.29 is 14.3 Å². The molecule has 8 nitrogen and oxygen atoms in total. The molecule has 3 N–H and O–H groups in total. The fraction of sp³-hybridized carbons (Fsp3) is 0.158. The van der Waals surface area contributed by atoms with Crippen molar-refractivity contribution in [3.05, 3.63) is 59.1 Å². The largest absolute Gasteiger partial charge is 0.497 e. The van der Waals surface area contributed by atoms with Crippen LogP contribution in [0.3, 0.4) is 0 Å². The molecule has 9 heteroatoms. The van der Waals surface area contributed by atoms with Crippen molar-refractivity contribution in [3.8, 4) is 5.75 Å². The van der Waals surface area contributed by atoms with Gasteiger partial charge in [0.25, 0.3) is 0 Å². The Morgan fingerprint density at radius 3 is 2.25 bits per heavy atom. The zero-order chi connectivity index (χ0) is 19.9. The summed E-state index contributed by atoms with van der Waals surface area (Å²) in [4.78, 5) is 24.2. The molecule has 2 aromatic carbocycles. The van der Waals surface area contributed by atoms with Gasteiger partial charge in [-0.05, 0) is 43.3 Å². The molecule has 3 aromatic rings. The normalized spacial score (nSPS) is 10.2. The number of hydrogen-bond acceptors (Lipinski definition) is 6. The fourth-order valence-corrected chi connectivity index (χ4v) is 3.02. The number of nitrogens with zero attached hydrogens (tertiary/aromatic N) is 2. The number of carbonyl (C=O) groups excluding carboxylic acids is 2. The van der Waals surface area contributed by atoms with Crippen LogP contribution in [0.2, 0.25) is 0 Å². The number of anilines is 3. The van der Waals surface area contributed by atoms with Gasteiger partial charge in [-0.25, -0.2) is 4.79 Å². The molecular weight excluding hydrogens is 378 g/mol. The molecule has 0 saturated heterocycles. The van der Waals surface area contributed by atoms with Gasteiger partial charge >= 0.3 is 6.03 Å². The highest BCUT2D eigenvalue weighted by molar-refractivity contribution is 7.15. The van der Waals surface area contributed by atoms with E-state index in [0.717, 1.165) is 16.9 Å². The number of amides is 3. The zero-order valence-corrected chi connectivity index (χ0v) is 16.2. The van der Waals surface area contributed by atoms with E-state index < -0.39 is 6.03 Å². The fourth-order valence-electron chi connectivity index (χ4n) is 2.29. The standard InChI is InChI=1S/C19H19N5O3S/c1-12-3-5-14(6-4-12)21-18(26)22-19-24-23-17(28-19)11-16(25)20-13-7-9-15(27-2)10-8-13/h3-10H,11H2,1-2H3,(H,20,25)(H2,21,22,24,26). The second-order valence-corrected chi connectivity index (χ2v) is 6.96. The van der Waals surface area contributed by atoms with Crippen LogP contribution in [0.4, 0.5) is 21.3 Å². The van der Waals surface area contributed by atoms with Gasteiger partial charge in [0.2, 0.25) is 11.0 Å². The molecule has 1 heterocycles. The third-order valence-electron chi connectivity index (χ3n) is 3.68. The second-order valence-electron chi connectivity index (χ2n) is 5.90. The van der Waals surface area contributed by atoms with Crippen molar-refractivity contribution in [2.75, 3.05) is 23.1 Å². The smallest absolute Gasteiger partial charge is 0.325 e. The summed E-state index contributed by atoms with van der Waals surface area (Å²) in [5.41, 5.74) is 2.44. The summed E-state index contributed by atoms with van der Waals surface area (Å²) in [5.74, 6) is 0.485. The third kappa shape index (κ3) is 5.52. The van der Waals surface area contributed by atoms with E-state index in [0.29, 0.717) is 27.3 Å². The Labute approximate surface area is 166 Å². The zero-order valence-electron chi connectivity index (χ0n) is 15.4. The minimum Gasteiger partial charge on any atom is -0.497 e. The first-order valence-electron chi connectivity index (χ1n) is 8.43. The molecule has 1 aromatic heterocycles. The van der Waals surface area contributed by atoms with Crippen molar-refractivity contribution in [1.82, 2.24) is 10.2 Å². The van der Waals surface area contributed by atoms with E-state index in [4.69, 9.17) is 4.74 Å². The van der Waals surface area contributed by atoms with Gasteiger partial charge in [0, 0.05) is 11.4 Å². The predicted molar refractivity (Wildman–Crippen MR) is 109 cm³/mol. The monoisotopic (exact) mass is 397 g/mol. The molecule has 144 valence electrons. The van der Waals surface area contributed by atoms with E-state index in [9.17, 15) is 9.59 Å². The lowest BCUT2D eigenvalue weighted by molar-refractivity contribution is -0.115. The number of aromatic nitrogens is 2. The van der Waals surface area contributed by atoms with Crippen LogP contribution >= 0.6 is 11.3 Å².